The van der Waals surface area contributed by atoms with Crippen molar-refractivity contribution in [2.75, 3.05) is 0 Å². The highest BCUT2D eigenvalue weighted by molar-refractivity contribution is 6.31. The molecule has 0 amide bonds. The zero-order chi connectivity index (χ0) is 12.8. The third-order valence-electron chi connectivity index (χ3n) is 3.46. The molecule has 0 radical (unpaired) electrons. The van der Waals surface area contributed by atoms with Crippen LogP contribution in [0.5, 0.6) is 0 Å². The third kappa shape index (κ3) is 2.02. The molecule has 2 aromatic heterocycles. The lowest BCUT2D eigenvalue weighted by Crippen LogP contribution is -1.99. The summed E-state index contributed by atoms with van der Waals surface area (Å²) in [5.41, 5.74) is 1.13. The molecule has 3 aromatic rings. The first-order valence-corrected chi connectivity index (χ1v) is 6.74. The molecule has 0 unspecified atom stereocenters. The highest BCUT2D eigenvalue weighted by Crippen LogP contribution is 2.38. The Bertz CT molecular complexity index is 742. The van der Waals surface area contributed by atoms with Gasteiger partial charge >= 0.3 is 0 Å². The molecule has 5 heteroatoms. The second-order valence-electron chi connectivity index (χ2n) is 4.97. The van der Waals surface area contributed by atoms with Crippen LogP contribution in [0.1, 0.15) is 30.5 Å². The fourth-order valence-electron chi connectivity index (χ4n) is 2.29. The molecule has 0 bridgehead atoms. The van der Waals surface area contributed by atoms with Gasteiger partial charge in [0.05, 0.1) is 6.54 Å². The van der Waals surface area contributed by atoms with Crippen molar-refractivity contribution >= 4 is 22.5 Å². The smallest absolute Gasteiger partial charge is 0.229 e. The maximum Gasteiger partial charge on any atom is 0.229 e. The first-order chi connectivity index (χ1) is 9.29. The molecule has 0 aliphatic heterocycles. The van der Waals surface area contributed by atoms with E-state index in [-0.39, 0.29) is 0 Å². The molecule has 0 spiro atoms. The normalized spacial score (nSPS) is 15.2. The third-order valence-corrected chi connectivity index (χ3v) is 3.69. The van der Waals surface area contributed by atoms with E-state index in [1.165, 1.54) is 12.8 Å². The van der Waals surface area contributed by atoms with Crippen LogP contribution in [-0.2, 0) is 6.54 Å². The van der Waals surface area contributed by atoms with Crippen LogP contribution < -0.4 is 0 Å². The van der Waals surface area contributed by atoms with Crippen LogP contribution in [-0.4, -0.2) is 14.7 Å². The lowest BCUT2D eigenvalue weighted by atomic mass is 10.2. The molecule has 0 atom stereocenters. The van der Waals surface area contributed by atoms with E-state index >= 15 is 0 Å². The molecule has 0 N–H and O–H groups in total. The molecule has 96 valence electrons. The van der Waals surface area contributed by atoms with Gasteiger partial charge in [-0.3, -0.25) is 0 Å². The van der Waals surface area contributed by atoms with Gasteiger partial charge in [-0.2, -0.15) is 4.98 Å². The van der Waals surface area contributed by atoms with Gasteiger partial charge in [-0.25, -0.2) is 0 Å². The first kappa shape index (κ1) is 11.1. The van der Waals surface area contributed by atoms with Crippen molar-refractivity contribution in [3.63, 3.8) is 0 Å². The minimum atomic E-state index is 0.501. The van der Waals surface area contributed by atoms with E-state index in [9.17, 15) is 0 Å². The predicted octanol–water partition coefficient (Wildman–Crippen LogP) is 3.60. The van der Waals surface area contributed by atoms with E-state index < -0.39 is 0 Å². The number of rotatable bonds is 3. The molecule has 4 rings (SSSR count). The quantitative estimate of drug-likeness (QED) is 0.732. The molecular weight excluding hydrogens is 262 g/mol. The van der Waals surface area contributed by atoms with Crippen molar-refractivity contribution in [1.29, 1.82) is 0 Å². The molecule has 19 heavy (non-hydrogen) atoms. The average molecular weight is 274 g/mol. The van der Waals surface area contributed by atoms with Gasteiger partial charge in [-0.15, -0.1) is 0 Å². The molecule has 1 aliphatic carbocycles. The Morgan fingerprint density at radius 1 is 1.32 bits per heavy atom. The first-order valence-electron chi connectivity index (χ1n) is 6.36. The second-order valence-corrected chi connectivity index (χ2v) is 5.41. The summed E-state index contributed by atoms with van der Waals surface area (Å²) in [6, 6.07) is 7.91. The second kappa shape index (κ2) is 4.10. The van der Waals surface area contributed by atoms with Gasteiger partial charge in [-0.05, 0) is 37.1 Å². The van der Waals surface area contributed by atoms with Crippen molar-refractivity contribution in [2.45, 2.75) is 25.3 Å². The summed E-state index contributed by atoms with van der Waals surface area (Å²) >= 11 is 5.98. The Balaban J connectivity index is 1.66. The van der Waals surface area contributed by atoms with Gasteiger partial charge in [0.25, 0.3) is 0 Å². The minimum absolute atomic E-state index is 0.501. The van der Waals surface area contributed by atoms with Crippen LogP contribution in [0.15, 0.2) is 35.0 Å². The van der Waals surface area contributed by atoms with Crippen molar-refractivity contribution in [1.82, 2.24) is 14.7 Å². The van der Waals surface area contributed by atoms with E-state index in [4.69, 9.17) is 16.1 Å². The topological polar surface area (TPSA) is 43.9 Å². The Morgan fingerprint density at radius 2 is 2.21 bits per heavy atom. The number of benzene rings is 1. The van der Waals surface area contributed by atoms with E-state index in [1.807, 2.05) is 30.5 Å². The molecule has 4 nitrogen and oxygen atoms in total. The highest BCUT2D eigenvalue weighted by Gasteiger charge is 2.29. The van der Waals surface area contributed by atoms with E-state index in [2.05, 4.69) is 14.7 Å². The summed E-state index contributed by atoms with van der Waals surface area (Å²) in [4.78, 5) is 4.45. The SMILES string of the molecule is Clc1ccc2c(ccn2Cc2noc(C3CC3)n2)c1. The van der Waals surface area contributed by atoms with Crippen molar-refractivity contribution < 1.29 is 4.52 Å². The van der Waals surface area contributed by atoms with E-state index in [1.54, 1.807) is 0 Å². The lowest BCUT2D eigenvalue weighted by Gasteiger charge is -2.01. The van der Waals surface area contributed by atoms with Gasteiger partial charge in [0, 0.05) is 28.0 Å². The predicted molar refractivity (Wildman–Crippen MR) is 72.3 cm³/mol. The molecule has 1 aliphatic rings. The Labute approximate surface area is 115 Å². The molecule has 2 heterocycles. The standard InChI is InChI=1S/C14H12ClN3O/c15-11-3-4-12-10(7-11)5-6-18(12)8-13-16-14(19-17-13)9-1-2-9/h3-7,9H,1-2,8H2. The van der Waals surface area contributed by atoms with Gasteiger partial charge in [-0.1, -0.05) is 16.8 Å². The monoisotopic (exact) mass is 273 g/mol. The number of hydrogen-bond donors (Lipinski definition) is 0. The van der Waals surface area contributed by atoms with Crippen LogP contribution in [0.2, 0.25) is 5.02 Å². The average Bonchev–Trinajstić information content (AvgIpc) is 3.03. The zero-order valence-electron chi connectivity index (χ0n) is 10.2. The number of fused-ring (bicyclic) bond motifs is 1. The summed E-state index contributed by atoms with van der Waals surface area (Å²) < 4.78 is 7.38. The summed E-state index contributed by atoms with van der Waals surface area (Å²) in [6.07, 6.45) is 4.37. The Hall–Kier alpha value is -1.81. The fraction of sp³-hybridized carbons (Fsp3) is 0.286. The molecule has 1 saturated carbocycles. The largest absolute Gasteiger partial charge is 0.340 e. The molecule has 1 aromatic carbocycles. The van der Waals surface area contributed by atoms with Crippen LogP contribution in [0.25, 0.3) is 10.9 Å². The maximum atomic E-state index is 5.98. The Morgan fingerprint density at radius 3 is 3.05 bits per heavy atom. The maximum absolute atomic E-state index is 5.98. The van der Waals surface area contributed by atoms with Crippen molar-refractivity contribution in [2.24, 2.45) is 0 Å². The molecule has 1 fully saturated rings. The number of nitrogens with zero attached hydrogens (tertiary/aromatic N) is 3. The molecular formula is C14H12ClN3O. The van der Waals surface area contributed by atoms with Gasteiger partial charge in [0.2, 0.25) is 5.89 Å². The highest BCUT2D eigenvalue weighted by atomic mass is 35.5. The number of halogens is 1. The summed E-state index contributed by atoms with van der Waals surface area (Å²) in [5, 5.41) is 5.92. The van der Waals surface area contributed by atoms with Gasteiger partial charge in [0.15, 0.2) is 5.82 Å². The Kier molecular flexibility index (Phi) is 2.38. The van der Waals surface area contributed by atoms with Crippen molar-refractivity contribution in [3.8, 4) is 0 Å². The minimum Gasteiger partial charge on any atom is -0.340 e. The summed E-state index contributed by atoms with van der Waals surface area (Å²) in [5.74, 6) is 2.02. The van der Waals surface area contributed by atoms with Crippen LogP contribution >= 0.6 is 11.6 Å². The van der Waals surface area contributed by atoms with Gasteiger partial charge < -0.3 is 9.09 Å². The number of aromatic nitrogens is 3. The molecule has 0 saturated heterocycles. The number of hydrogen-bond acceptors (Lipinski definition) is 3. The zero-order valence-corrected chi connectivity index (χ0v) is 11.0. The van der Waals surface area contributed by atoms with Crippen LogP contribution in [0.3, 0.4) is 0 Å². The van der Waals surface area contributed by atoms with E-state index in [0.717, 1.165) is 27.6 Å². The van der Waals surface area contributed by atoms with E-state index in [0.29, 0.717) is 12.5 Å². The summed E-state index contributed by atoms with van der Waals surface area (Å²) in [7, 11) is 0. The van der Waals surface area contributed by atoms with Crippen LogP contribution in [0.4, 0.5) is 0 Å². The van der Waals surface area contributed by atoms with Gasteiger partial charge in [0.1, 0.15) is 0 Å². The lowest BCUT2D eigenvalue weighted by molar-refractivity contribution is 0.373. The summed E-state index contributed by atoms with van der Waals surface area (Å²) in [6.45, 7) is 0.626. The van der Waals surface area contributed by atoms with Crippen LogP contribution in [0, 0.1) is 0 Å². The van der Waals surface area contributed by atoms with Crippen molar-refractivity contribution in [3.05, 3.63) is 47.2 Å². The fourth-order valence-corrected chi connectivity index (χ4v) is 2.47.